The fourth-order valence-electron chi connectivity index (χ4n) is 3.38. The lowest BCUT2D eigenvalue weighted by atomic mass is 9.97. The van der Waals surface area contributed by atoms with Crippen LogP contribution in [0.1, 0.15) is 58.8 Å². The molecule has 2 rings (SSSR count). The van der Waals surface area contributed by atoms with Crippen molar-refractivity contribution in [2.75, 3.05) is 26.2 Å². The minimum atomic E-state index is 0.737. The Labute approximate surface area is 107 Å². The molecule has 1 saturated carbocycles. The molecule has 0 aromatic heterocycles. The molecule has 2 heteroatoms. The standard InChI is InChI=1S/C15H30N2/c1-3-7-15(8-9-15)13-17-11-5-6-14(12-17)16-10-4-2/h14,16H,3-13H2,1-2H3. The Morgan fingerprint density at radius 3 is 2.71 bits per heavy atom. The summed E-state index contributed by atoms with van der Waals surface area (Å²) in [5.41, 5.74) is 0.737. The van der Waals surface area contributed by atoms with Crippen molar-refractivity contribution < 1.29 is 0 Å². The van der Waals surface area contributed by atoms with Crippen LogP contribution >= 0.6 is 0 Å². The van der Waals surface area contributed by atoms with Crippen molar-refractivity contribution >= 4 is 0 Å². The van der Waals surface area contributed by atoms with Gasteiger partial charge in [0.15, 0.2) is 0 Å². The molecule has 1 heterocycles. The molecule has 2 fully saturated rings. The Morgan fingerprint density at radius 2 is 2.06 bits per heavy atom. The molecule has 100 valence electrons. The molecule has 0 amide bonds. The average Bonchev–Trinajstić information content (AvgIpc) is 3.07. The van der Waals surface area contributed by atoms with Crippen LogP contribution in [0.4, 0.5) is 0 Å². The molecule has 0 spiro atoms. The lowest BCUT2D eigenvalue weighted by Gasteiger charge is -2.35. The maximum Gasteiger partial charge on any atom is 0.0195 e. The summed E-state index contributed by atoms with van der Waals surface area (Å²) in [6.07, 6.45) is 9.84. The van der Waals surface area contributed by atoms with Crippen LogP contribution < -0.4 is 5.32 Å². The zero-order valence-electron chi connectivity index (χ0n) is 11.8. The molecule has 1 N–H and O–H groups in total. The summed E-state index contributed by atoms with van der Waals surface area (Å²) >= 11 is 0. The lowest BCUT2D eigenvalue weighted by Crippen LogP contribution is -2.47. The monoisotopic (exact) mass is 238 g/mol. The molecular formula is C15H30N2. The summed E-state index contributed by atoms with van der Waals surface area (Å²) in [5.74, 6) is 0. The summed E-state index contributed by atoms with van der Waals surface area (Å²) in [5, 5.41) is 3.70. The highest BCUT2D eigenvalue weighted by molar-refractivity contribution is 4.96. The van der Waals surface area contributed by atoms with E-state index in [0.29, 0.717) is 0 Å². The Morgan fingerprint density at radius 1 is 1.24 bits per heavy atom. The third-order valence-corrected chi connectivity index (χ3v) is 4.48. The van der Waals surface area contributed by atoms with Gasteiger partial charge >= 0.3 is 0 Å². The smallest absolute Gasteiger partial charge is 0.0195 e. The van der Waals surface area contributed by atoms with Crippen molar-refractivity contribution in [2.24, 2.45) is 5.41 Å². The van der Waals surface area contributed by atoms with Crippen LogP contribution in [-0.4, -0.2) is 37.1 Å². The molecule has 1 aliphatic carbocycles. The van der Waals surface area contributed by atoms with Crippen molar-refractivity contribution in [1.82, 2.24) is 10.2 Å². The van der Waals surface area contributed by atoms with E-state index in [4.69, 9.17) is 0 Å². The van der Waals surface area contributed by atoms with Gasteiger partial charge in [-0.05, 0) is 57.0 Å². The predicted octanol–water partition coefficient (Wildman–Crippen LogP) is 3.03. The number of piperidine rings is 1. The number of rotatable bonds is 7. The van der Waals surface area contributed by atoms with Gasteiger partial charge in [0.05, 0.1) is 0 Å². The van der Waals surface area contributed by atoms with E-state index in [-0.39, 0.29) is 0 Å². The van der Waals surface area contributed by atoms with Crippen molar-refractivity contribution in [3.8, 4) is 0 Å². The van der Waals surface area contributed by atoms with Crippen LogP contribution in [0.25, 0.3) is 0 Å². The van der Waals surface area contributed by atoms with E-state index in [9.17, 15) is 0 Å². The molecule has 0 aromatic carbocycles. The van der Waals surface area contributed by atoms with Crippen molar-refractivity contribution in [3.63, 3.8) is 0 Å². The van der Waals surface area contributed by atoms with Gasteiger partial charge < -0.3 is 10.2 Å². The van der Waals surface area contributed by atoms with Gasteiger partial charge in [-0.2, -0.15) is 0 Å². The molecule has 1 aliphatic heterocycles. The van der Waals surface area contributed by atoms with Gasteiger partial charge in [-0.3, -0.25) is 0 Å². The second-order valence-electron chi connectivity index (χ2n) is 6.28. The molecule has 17 heavy (non-hydrogen) atoms. The highest BCUT2D eigenvalue weighted by Crippen LogP contribution is 2.50. The van der Waals surface area contributed by atoms with E-state index >= 15 is 0 Å². The fourth-order valence-corrected chi connectivity index (χ4v) is 3.38. The molecular weight excluding hydrogens is 208 g/mol. The summed E-state index contributed by atoms with van der Waals surface area (Å²) in [6, 6.07) is 0.765. The molecule has 1 saturated heterocycles. The molecule has 1 atom stereocenters. The Kier molecular flexibility index (Phi) is 4.87. The van der Waals surface area contributed by atoms with E-state index in [1.807, 2.05) is 0 Å². The summed E-state index contributed by atoms with van der Waals surface area (Å²) in [4.78, 5) is 2.74. The van der Waals surface area contributed by atoms with Gasteiger partial charge in [0.2, 0.25) is 0 Å². The van der Waals surface area contributed by atoms with Gasteiger partial charge in [0.1, 0.15) is 0 Å². The first-order valence-electron chi connectivity index (χ1n) is 7.74. The van der Waals surface area contributed by atoms with E-state index < -0.39 is 0 Å². The van der Waals surface area contributed by atoms with E-state index in [1.54, 1.807) is 0 Å². The summed E-state index contributed by atoms with van der Waals surface area (Å²) < 4.78 is 0. The lowest BCUT2D eigenvalue weighted by molar-refractivity contribution is 0.154. The van der Waals surface area contributed by atoms with Gasteiger partial charge in [-0.15, -0.1) is 0 Å². The van der Waals surface area contributed by atoms with Crippen molar-refractivity contribution in [2.45, 2.75) is 64.8 Å². The number of nitrogens with one attached hydrogen (secondary N) is 1. The van der Waals surface area contributed by atoms with E-state index in [2.05, 4.69) is 24.1 Å². The Hall–Kier alpha value is -0.0800. The van der Waals surface area contributed by atoms with Crippen LogP contribution in [-0.2, 0) is 0 Å². The number of hydrogen-bond donors (Lipinski definition) is 1. The van der Waals surface area contributed by atoms with Crippen molar-refractivity contribution in [1.29, 1.82) is 0 Å². The maximum atomic E-state index is 3.70. The minimum Gasteiger partial charge on any atom is -0.313 e. The quantitative estimate of drug-likeness (QED) is 0.733. The number of hydrogen-bond acceptors (Lipinski definition) is 2. The predicted molar refractivity (Wildman–Crippen MR) is 74.3 cm³/mol. The van der Waals surface area contributed by atoms with Crippen LogP contribution in [0.3, 0.4) is 0 Å². The van der Waals surface area contributed by atoms with Crippen LogP contribution in [0.2, 0.25) is 0 Å². The third kappa shape index (κ3) is 3.96. The highest BCUT2D eigenvalue weighted by Gasteiger charge is 2.43. The molecule has 2 nitrogen and oxygen atoms in total. The third-order valence-electron chi connectivity index (χ3n) is 4.48. The number of likely N-dealkylation sites (tertiary alicyclic amines) is 1. The zero-order chi connectivity index (χ0) is 12.1. The van der Waals surface area contributed by atoms with Crippen LogP contribution in [0, 0.1) is 5.41 Å². The summed E-state index contributed by atoms with van der Waals surface area (Å²) in [6.45, 7) is 9.81. The summed E-state index contributed by atoms with van der Waals surface area (Å²) in [7, 11) is 0. The highest BCUT2D eigenvalue weighted by atomic mass is 15.2. The van der Waals surface area contributed by atoms with Gasteiger partial charge in [-0.25, -0.2) is 0 Å². The first-order chi connectivity index (χ1) is 8.28. The first kappa shape index (κ1) is 13.4. The second-order valence-corrected chi connectivity index (χ2v) is 6.28. The number of nitrogens with zero attached hydrogens (tertiary/aromatic N) is 1. The van der Waals surface area contributed by atoms with E-state index in [0.717, 1.165) is 11.5 Å². The van der Waals surface area contributed by atoms with Gasteiger partial charge in [-0.1, -0.05) is 20.3 Å². The van der Waals surface area contributed by atoms with Crippen LogP contribution in [0.15, 0.2) is 0 Å². The van der Waals surface area contributed by atoms with Crippen molar-refractivity contribution in [3.05, 3.63) is 0 Å². The van der Waals surface area contributed by atoms with Crippen LogP contribution in [0.5, 0.6) is 0 Å². The van der Waals surface area contributed by atoms with E-state index in [1.165, 1.54) is 71.1 Å². The molecule has 2 aliphatic rings. The normalized spacial score (nSPS) is 28.2. The zero-order valence-corrected chi connectivity index (χ0v) is 11.8. The SMILES string of the molecule is CCCNC1CCCN(CC2(CCC)CC2)C1. The molecule has 0 bridgehead atoms. The maximum absolute atomic E-state index is 3.70. The van der Waals surface area contributed by atoms with Gasteiger partial charge in [0, 0.05) is 19.1 Å². The Bertz CT molecular complexity index is 223. The fraction of sp³-hybridized carbons (Fsp3) is 1.00. The second kappa shape index (κ2) is 6.19. The first-order valence-corrected chi connectivity index (χ1v) is 7.74. The molecule has 0 radical (unpaired) electrons. The topological polar surface area (TPSA) is 15.3 Å². The average molecular weight is 238 g/mol. The molecule has 1 unspecified atom stereocenters. The molecule has 0 aromatic rings. The van der Waals surface area contributed by atoms with Gasteiger partial charge in [0.25, 0.3) is 0 Å². The minimum absolute atomic E-state index is 0.737. The largest absolute Gasteiger partial charge is 0.313 e. The Balaban J connectivity index is 1.73.